The summed E-state index contributed by atoms with van der Waals surface area (Å²) in [5.41, 5.74) is 3.13. The maximum absolute atomic E-state index is 12.9. The largest absolute Gasteiger partial charge is 0.350 e. The first-order valence-electron chi connectivity index (χ1n) is 10.2. The van der Waals surface area contributed by atoms with Crippen molar-refractivity contribution in [1.82, 2.24) is 15.6 Å². The predicted octanol–water partition coefficient (Wildman–Crippen LogP) is 5.03. The van der Waals surface area contributed by atoms with E-state index in [-0.39, 0.29) is 18.0 Å². The second-order valence-electron chi connectivity index (χ2n) is 6.89. The number of nitrogens with one attached hydrogen (secondary N) is 3. The Balaban J connectivity index is 0.00000155. The van der Waals surface area contributed by atoms with Crippen LogP contribution in [0.25, 0.3) is 10.9 Å². The number of carbonyl (C=O) groups is 2. The summed E-state index contributed by atoms with van der Waals surface area (Å²) in [4.78, 5) is 29.9. The standard InChI is InChI=1S/C22H24N4O2.C2H6/c1-14(2)24-21(27)19-17-11-7-8-12-18(17)25-15(3)20(19)26-22(28)23-13-16-9-5-4-6-10-16;1-2/h4-12,14H,13H2,1-3H3,(H,24,27)(H2,23,26,28);1-2H3. The van der Waals surface area contributed by atoms with Crippen LogP contribution in [0, 0.1) is 6.92 Å². The van der Waals surface area contributed by atoms with E-state index in [4.69, 9.17) is 0 Å². The molecule has 3 rings (SSSR count). The number of urea groups is 1. The van der Waals surface area contributed by atoms with Crippen molar-refractivity contribution in [2.45, 2.75) is 47.2 Å². The summed E-state index contributed by atoms with van der Waals surface area (Å²) in [6.45, 7) is 9.97. The lowest BCUT2D eigenvalue weighted by atomic mass is 10.0. The van der Waals surface area contributed by atoms with Crippen molar-refractivity contribution >= 4 is 28.5 Å². The van der Waals surface area contributed by atoms with Gasteiger partial charge in [-0.1, -0.05) is 62.4 Å². The molecule has 0 aliphatic carbocycles. The molecule has 0 aliphatic heterocycles. The summed E-state index contributed by atoms with van der Waals surface area (Å²) in [6, 6.07) is 16.6. The fraction of sp³-hybridized carbons (Fsp3) is 0.292. The molecular weight excluding hydrogens is 376 g/mol. The molecule has 0 atom stereocenters. The number of nitrogens with zero attached hydrogens (tertiary/aromatic N) is 1. The zero-order valence-electron chi connectivity index (χ0n) is 18.2. The van der Waals surface area contributed by atoms with Crippen LogP contribution >= 0.6 is 0 Å². The van der Waals surface area contributed by atoms with Crippen molar-refractivity contribution in [2.24, 2.45) is 0 Å². The number of rotatable bonds is 5. The number of hydrogen-bond acceptors (Lipinski definition) is 3. The smallest absolute Gasteiger partial charge is 0.319 e. The van der Waals surface area contributed by atoms with Gasteiger partial charge in [0.15, 0.2) is 0 Å². The summed E-state index contributed by atoms with van der Waals surface area (Å²) in [6.07, 6.45) is 0. The van der Waals surface area contributed by atoms with E-state index in [2.05, 4.69) is 20.9 Å². The van der Waals surface area contributed by atoms with Gasteiger partial charge in [0.25, 0.3) is 5.91 Å². The Hall–Kier alpha value is -3.41. The molecule has 30 heavy (non-hydrogen) atoms. The molecule has 1 aromatic heterocycles. The van der Waals surface area contributed by atoms with E-state index in [0.29, 0.717) is 34.4 Å². The summed E-state index contributed by atoms with van der Waals surface area (Å²) in [5.74, 6) is -0.241. The monoisotopic (exact) mass is 406 g/mol. The van der Waals surface area contributed by atoms with Crippen LogP contribution in [0.2, 0.25) is 0 Å². The molecule has 3 amide bonds. The normalized spacial score (nSPS) is 10.2. The van der Waals surface area contributed by atoms with Gasteiger partial charge in [-0.15, -0.1) is 0 Å². The van der Waals surface area contributed by atoms with Crippen molar-refractivity contribution in [3.63, 3.8) is 0 Å². The molecule has 0 radical (unpaired) electrons. The predicted molar refractivity (Wildman–Crippen MR) is 123 cm³/mol. The number of pyridine rings is 1. The minimum atomic E-state index is -0.386. The number of hydrogen-bond donors (Lipinski definition) is 3. The van der Waals surface area contributed by atoms with Gasteiger partial charge in [-0.2, -0.15) is 0 Å². The van der Waals surface area contributed by atoms with E-state index in [1.807, 2.05) is 82.3 Å². The van der Waals surface area contributed by atoms with Crippen LogP contribution < -0.4 is 16.0 Å². The molecule has 6 heteroatoms. The molecule has 3 aromatic rings. The molecule has 0 saturated heterocycles. The molecule has 158 valence electrons. The number of aryl methyl sites for hydroxylation is 1. The van der Waals surface area contributed by atoms with Crippen LogP contribution in [-0.2, 0) is 6.54 Å². The molecule has 0 saturated carbocycles. The summed E-state index contributed by atoms with van der Waals surface area (Å²) in [7, 11) is 0. The lowest BCUT2D eigenvalue weighted by Crippen LogP contribution is -2.33. The first kappa shape index (κ1) is 22.9. The molecular formula is C24H30N4O2. The second-order valence-corrected chi connectivity index (χ2v) is 6.89. The SMILES string of the molecule is CC.Cc1nc2ccccc2c(C(=O)NC(C)C)c1NC(=O)NCc1ccccc1. The van der Waals surface area contributed by atoms with Crippen molar-refractivity contribution in [2.75, 3.05) is 5.32 Å². The average Bonchev–Trinajstić information content (AvgIpc) is 2.74. The van der Waals surface area contributed by atoms with Gasteiger partial charge in [-0.25, -0.2) is 4.79 Å². The Kier molecular flexibility index (Phi) is 8.35. The van der Waals surface area contributed by atoms with E-state index in [0.717, 1.165) is 5.56 Å². The number of anilines is 1. The van der Waals surface area contributed by atoms with Crippen LogP contribution in [0.3, 0.4) is 0 Å². The van der Waals surface area contributed by atoms with Gasteiger partial charge in [0.05, 0.1) is 22.5 Å². The Morgan fingerprint density at radius 1 is 0.967 bits per heavy atom. The minimum absolute atomic E-state index is 0.0282. The molecule has 3 N–H and O–H groups in total. The third kappa shape index (κ3) is 5.80. The number of carbonyl (C=O) groups excluding carboxylic acids is 2. The van der Waals surface area contributed by atoms with Crippen molar-refractivity contribution in [3.05, 3.63) is 71.4 Å². The Bertz CT molecular complexity index is 1000. The number of fused-ring (bicyclic) bond motifs is 1. The van der Waals surface area contributed by atoms with Gasteiger partial charge in [0.2, 0.25) is 0 Å². The quantitative estimate of drug-likeness (QED) is 0.556. The van der Waals surface area contributed by atoms with E-state index in [1.165, 1.54) is 0 Å². The number of benzene rings is 2. The summed E-state index contributed by atoms with van der Waals surface area (Å²) < 4.78 is 0. The molecule has 1 heterocycles. The van der Waals surface area contributed by atoms with Crippen LogP contribution in [0.15, 0.2) is 54.6 Å². The van der Waals surface area contributed by atoms with Crippen LogP contribution in [0.1, 0.15) is 49.3 Å². The Morgan fingerprint density at radius 3 is 2.27 bits per heavy atom. The highest BCUT2D eigenvalue weighted by atomic mass is 16.2. The molecule has 2 aromatic carbocycles. The minimum Gasteiger partial charge on any atom is -0.350 e. The molecule has 6 nitrogen and oxygen atoms in total. The van der Waals surface area contributed by atoms with E-state index >= 15 is 0 Å². The summed E-state index contributed by atoms with van der Waals surface area (Å²) >= 11 is 0. The number of aromatic nitrogens is 1. The van der Waals surface area contributed by atoms with Gasteiger partial charge in [-0.3, -0.25) is 9.78 Å². The fourth-order valence-corrected chi connectivity index (χ4v) is 2.99. The number of amides is 3. The molecule has 0 unspecified atom stereocenters. The van der Waals surface area contributed by atoms with E-state index < -0.39 is 0 Å². The second kappa shape index (κ2) is 11.0. The molecule has 0 bridgehead atoms. The van der Waals surface area contributed by atoms with Crippen molar-refractivity contribution < 1.29 is 9.59 Å². The lowest BCUT2D eigenvalue weighted by molar-refractivity contribution is 0.0945. The van der Waals surface area contributed by atoms with Crippen LogP contribution in [0.4, 0.5) is 10.5 Å². The lowest BCUT2D eigenvalue weighted by Gasteiger charge is -2.17. The Labute approximate surface area is 178 Å². The van der Waals surface area contributed by atoms with Crippen LogP contribution in [-0.4, -0.2) is 23.0 Å². The van der Waals surface area contributed by atoms with E-state index in [1.54, 1.807) is 6.92 Å². The fourth-order valence-electron chi connectivity index (χ4n) is 2.99. The zero-order chi connectivity index (χ0) is 22.1. The average molecular weight is 407 g/mol. The third-order valence-corrected chi connectivity index (χ3v) is 4.25. The third-order valence-electron chi connectivity index (χ3n) is 4.25. The highest BCUT2D eigenvalue weighted by Gasteiger charge is 2.21. The van der Waals surface area contributed by atoms with Gasteiger partial charge < -0.3 is 16.0 Å². The highest BCUT2D eigenvalue weighted by Crippen LogP contribution is 2.28. The zero-order valence-corrected chi connectivity index (χ0v) is 18.2. The molecule has 0 aliphatic rings. The van der Waals surface area contributed by atoms with Crippen molar-refractivity contribution in [1.29, 1.82) is 0 Å². The topological polar surface area (TPSA) is 83.1 Å². The maximum Gasteiger partial charge on any atom is 0.319 e. The first-order chi connectivity index (χ1) is 14.5. The maximum atomic E-state index is 12.9. The highest BCUT2D eigenvalue weighted by molar-refractivity contribution is 6.13. The van der Waals surface area contributed by atoms with Gasteiger partial charge >= 0.3 is 6.03 Å². The molecule has 0 spiro atoms. The summed E-state index contributed by atoms with van der Waals surface area (Å²) in [5, 5.41) is 9.25. The van der Waals surface area contributed by atoms with Gasteiger partial charge in [0.1, 0.15) is 0 Å². The Morgan fingerprint density at radius 2 is 1.60 bits per heavy atom. The van der Waals surface area contributed by atoms with Crippen molar-refractivity contribution in [3.8, 4) is 0 Å². The van der Waals surface area contributed by atoms with E-state index in [9.17, 15) is 9.59 Å². The number of para-hydroxylation sites is 1. The molecule has 0 fully saturated rings. The van der Waals surface area contributed by atoms with Gasteiger partial charge in [-0.05, 0) is 32.4 Å². The van der Waals surface area contributed by atoms with Crippen LogP contribution in [0.5, 0.6) is 0 Å². The first-order valence-corrected chi connectivity index (χ1v) is 10.2. The van der Waals surface area contributed by atoms with Gasteiger partial charge in [0, 0.05) is 18.0 Å².